The Kier molecular flexibility index (Phi) is 7.13. The highest BCUT2D eigenvalue weighted by Crippen LogP contribution is 2.22. The Bertz CT molecular complexity index is 726. The summed E-state index contributed by atoms with van der Waals surface area (Å²) in [6, 6.07) is 5.93. The number of anilines is 1. The van der Waals surface area contributed by atoms with Crippen LogP contribution in [0.25, 0.3) is 0 Å². The first-order valence-corrected chi connectivity index (χ1v) is 9.97. The lowest BCUT2D eigenvalue weighted by atomic mass is 10.3. The molecule has 26 heavy (non-hydrogen) atoms. The molecule has 1 aromatic carbocycles. The molecular weight excluding hydrogens is 360 g/mol. The number of benzene rings is 1. The van der Waals surface area contributed by atoms with Gasteiger partial charge in [0.15, 0.2) is 6.10 Å². The third-order valence-corrected chi connectivity index (χ3v) is 5.84. The molecule has 2 rings (SSSR count). The van der Waals surface area contributed by atoms with Crippen LogP contribution in [-0.4, -0.2) is 57.0 Å². The maximum absolute atomic E-state index is 12.5. The van der Waals surface area contributed by atoms with Crippen molar-refractivity contribution in [3.05, 3.63) is 24.3 Å². The molecule has 8 nitrogen and oxygen atoms in total. The second-order valence-corrected chi connectivity index (χ2v) is 7.83. The normalized spacial score (nSPS) is 16.2. The van der Waals surface area contributed by atoms with Crippen molar-refractivity contribution in [2.45, 2.75) is 37.7 Å². The van der Waals surface area contributed by atoms with Crippen molar-refractivity contribution < 1.29 is 27.5 Å². The summed E-state index contributed by atoms with van der Waals surface area (Å²) in [4.78, 5) is 23.7. The molecule has 0 radical (unpaired) electrons. The smallest absolute Gasteiger partial charge is 0.332 e. The fraction of sp³-hybridized carbons (Fsp3) is 0.529. The number of nitrogens with zero attached hydrogens (tertiary/aromatic N) is 1. The van der Waals surface area contributed by atoms with Gasteiger partial charge in [0.25, 0.3) is 5.91 Å². The molecule has 1 saturated heterocycles. The largest absolute Gasteiger partial charge is 0.451 e. The Morgan fingerprint density at radius 2 is 1.81 bits per heavy atom. The Morgan fingerprint density at radius 3 is 2.38 bits per heavy atom. The van der Waals surface area contributed by atoms with E-state index in [2.05, 4.69) is 5.32 Å². The molecule has 1 fully saturated rings. The maximum atomic E-state index is 12.5. The molecular formula is C17H24N2O6S. The Hall–Kier alpha value is -1.97. The van der Waals surface area contributed by atoms with Crippen molar-refractivity contribution in [2.24, 2.45) is 0 Å². The van der Waals surface area contributed by atoms with Gasteiger partial charge >= 0.3 is 5.97 Å². The van der Waals surface area contributed by atoms with E-state index in [9.17, 15) is 18.0 Å². The molecule has 1 aliphatic heterocycles. The highest BCUT2D eigenvalue weighted by molar-refractivity contribution is 7.89. The van der Waals surface area contributed by atoms with E-state index in [0.717, 1.165) is 12.8 Å². The van der Waals surface area contributed by atoms with Crippen molar-refractivity contribution >= 4 is 27.6 Å². The first kappa shape index (κ1) is 20.3. The van der Waals surface area contributed by atoms with Crippen LogP contribution in [0.1, 0.15) is 26.7 Å². The molecule has 1 N–H and O–H groups in total. The second-order valence-electron chi connectivity index (χ2n) is 5.89. The van der Waals surface area contributed by atoms with Gasteiger partial charge in [0, 0.05) is 25.4 Å². The number of ether oxygens (including phenoxy) is 2. The third-order valence-electron chi connectivity index (χ3n) is 3.93. The Morgan fingerprint density at radius 1 is 1.19 bits per heavy atom. The van der Waals surface area contributed by atoms with Crippen LogP contribution in [0.3, 0.4) is 0 Å². The molecule has 144 valence electrons. The quantitative estimate of drug-likeness (QED) is 0.680. The number of rotatable bonds is 8. The number of hydrogen-bond acceptors (Lipinski definition) is 6. The minimum atomic E-state index is -3.49. The number of sulfonamides is 1. The van der Waals surface area contributed by atoms with Gasteiger partial charge in [-0.2, -0.15) is 4.31 Å². The highest BCUT2D eigenvalue weighted by atomic mass is 32.2. The van der Waals surface area contributed by atoms with Gasteiger partial charge in [-0.25, -0.2) is 13.2 Å². The van der Waals surface area contributed by atoms with Gasteiger partial charge in [0.2, 0.25) is 10.0 Å². The van der Waals surface area contributed by atoms with E-state index in [1.165, 1.54) is 35.5 Å². The summed E-state index contributed by atoms with van der Waals surface area (Å²) < 4.78 is 36.2. The van der Waals surface area contributed by atoms with Crippen LogP contribution >= 0.6 is 0 Å². The van der Waals surface area contributed by atoms with E-state index in [1.807, 2.05) is 0 Å². The van der Waals surface area contributed by atoms with Crippen LogP contribution < -0.4 is 5.32 Å². The van der Waals surface area contributed by atoms with Crippen molar-refractivity contribution in [3.8, 4) is 0 Å². The summed E-state index contributed by atoms with van der Waals surface area (Å²) in [5.74, 6) is -1.13. The molecule has 0 spiro atoms. The summed E-state index contributed by atoms with van der Waals surface area (Å²) in [5, 5.41) is 2.59. The molecule has 0 aliphatic carbocycles. The zero-order valence-corrected chi connectivity index (χ0v) is 15.8. The molecule has 1 aromatic rings. The minimum absolute atomic E-state index is 0.189. The van der Waals surface area contributed by atoms with Gasteiger partial charge in [-0.1, -0.05) is 0 Å². The molecule has 0 bridgehead atoms. The number of carbonyl (C=O) groups excluding carboxylic acids is 2. The highest BCUT2D eigenvalue weighted by Gasteiger charge is 2.27. The van der Waals surface area contributed by atoms with Gasteiger partial charge in [-0.15, -0.1) is 0 Å². The second kappa shape index (κ2) is 9.11. The lowest BCUT2D eigenvalue weighted by molar-refractivity contribution is -0.157. The fourth-order valence-electron chi connectivity index (χ4n) is 2.50. The molecule has 1 amide bonds. The van der Waals surface area contributed by atoms with Gasteiger partial charge in [-0.3, -0.25) is 4.79 Å². The minimum Gasteiger partial charge on any atom is -0.451 e. The number of esters is 1. The average molecular weight is 384 g/mol. The zero-order chi connectivity index (χ0) is 19.2. The average Bonchev–Trinajstić information content (AvgIpc) is 3.16. The standard InChI is InChI=1S/C17H24N2O6S/c1-3-24-12-16(20)25-13(2)17(21)18-14-6-8-15(9-7-14)26(22,23)19-10-4-5-11-19/h6-9,13H,3-5,10-12H2,1-2H3,(H,18,21)/t13-/m1/s1. The number of amides is 1. The molecule has 1 aliphatic rings. The van der Waals surface area contributed by atoms with Crippen LogP contribution in [-0.2, 0) is 29.1 Å². The molecule has 0 unspecified atom stereocenters. The predicted molar refractivity (Wildman–Crippen MR) is 95.1 cm³/mol. The van der Waals surface area contributed by atoms with Gasteiger partial charge < -0.3 is 14.8 Å². The first-order valence-electron chi connectivity index (χ1n) is 8.53. The van der Waals surface area contributed by atoms with Crippen molar-refractivity contribution in [3.63, 3.8) is 0 Å². The molecule has 9 heteroatoms. The third kappa shape index (κ3) is 5.26. The van der Waals surface area contributed by atoms with E-state index in [-0.39, 0.29) is 11.5 Å². The van der Waals surface area contributed by atoms with E-state index in [4.69, 9.17) is 9.47 Å². The van der Waals surface area contributed by atoms with E-state index in [1.54, 1.807) is 6.92 Å². The SMILES string of the molecule is CCOCC(=O)O[C@H](C)C(=O)Nc1ccc(S(=O)(=O)N2CCCC2)cc1. The maximum Gasteiger partial charge on any atom is 0.332 e. The topological polar surface area (TPSA) is 102 Å². The van der Waals surface area contributed by atoms with E-state index >= 15 is 0 Å². The molecule has 0 saturated carbocycles. The van der Waals surface area contributed by atoms with Crippen LogP contribution in [0.4, 0.5) is 5.69 Å². The summed E-state index contributed by atoms with van der Waals surface area (Å²) in [6.07, 6.45) is 0.747. The number of carbonyl (C=O) groups is 2. The van der Waals surface area contributed by atoms with Crippen molar-refractivity contribution in [2.75, 3.05) is 31.6 Å². The van der Waals surface area contributed by atoms with E-state index < -0.39 is 28.0 Å². The number of nitrogens with one attached hydrogen (secondary N) is 1. The van der Waals surface area contributed by atoms with Crippen LogP contribution in [0.2, 0.25) is 0 Å². The van der Waals surface area contributed by atoms with Crippen LogP contribution in [0, 0.1) is 0 Å². The lowest BCUT2D eigenvalue weighted by Crippen LogP contribution is -2.31. The summed E-state index contributed by atoms with van der Waals surface area (Å²) in [6.45, 7) is 4.43. The lowest BCUT2D eigenvalue weighted by Gasteiger charge is -2.16. The summed E-state index contributed by atoms with van der Waals surface area (Å²) in [5.41, 5.74) is 0.420. The van der Waals surface area contributed by atoms with E-state index in [0.29, 0.717) is 25.4 Å². The molecule has 1 atom stereocenters. The van der Waals surface area contributed by atoms with Gasteiger partial charge in [0.05, 0.1) is 4.90 Å². The Labute approximate surface area is 153 Å². The summed E-state index contributed by atoms with van der Waals surface area (Å²) >= 11 is 0. The first-order chi connectivity index (χ1) is 12.3. The summed E-state index contributed by atoms with van der Waals surface area (Å²) in [7, 11) is -3.49. The number of hydrogen-bond donors (Lipinski definition) is 1. The molecule has 0 aromatic heterocycles. The zero-order valence-electron chi connectivity index (χ0n) is 14.9. The predicted octanol–water partition coefficient (Wildman–Crippen LogP) is 1.38. The van der Waals surface area contributed by atoms with Gasteiger partial charge in [0.1, 0.15) is 6.61 Å². The van der Waals surface area contributed by atoms with Crippen molar-refractivity contribution in [1.29, 1.82) is 0 Å². The molecule has 1 heterocycles. The van der Waals surface area contributed by atoms with Crippen LogP contribution in [0.15, 0.2) is 29.2 Å². The monoisotopic (exact) mass is 384 g/mol. The van der Waals surface area contributed by atoms with Crippen LogP contribution in [0.5, 0.6) is 0 Å². The van der Waals surface area contributed by atoms with Gasteiger partial charge in [-0.05, 0) is 51.0 Å². The Balaban J connectivity index is 1.94. The van der Waals surface area contributed by atoms with Crippen molar-refractivity contribution in [1.82, 2.24) is 4.31 Å². The fourth-order valence-corrected chi connectivity index (χ4v) is 4.02.